The number of primary amides is 1. The third-order valence-electron chi connectivity index (χ3n) is 3.33. The van der Waals surface area contributed by atoms with E-state index in [9.17, 15) is 0 Å². The van der Waals surface area contributed by atoms with E-state index >= 15 is 3.89 Å². The number of carbonyl (C=O) groups excluding carboxylic acids is 1. The minimum absolute atomic E-state index is 0.250. The van der Waals surface area contributed by atoms with Gasteiger partial charge in [-0.25, -0.2) is 0 Å². The highest BCUT2D eigenvalue weighted by Crippen LogP contribution is 2.53. The summed E-state index contributed by atoms with van der Waals surface area (Å²) in [5.41, 5.74) is 5.54. The van der Waals surface area contributed by atoms with Crippen LogP contribution < -0.4 is 5.73 Å². The summed E-state index contributed by atoms with van der Waals surface area (Å²) in [6.07, 6.45) is 3.47. The van der Waals surface area contributed by atoms with Gasteiger partial charge in [0.2, 0.25) is 6.41 Å². The van der Waals surface area contributed by atoms with Crippen molar-refractivity contribution >= 4 is 16.8 Å². The summed E-state index contributed by atoms with van der Waals surface area (Å²) in [5.74, 6) is 3.33. The van der Waals surface area contributed by atoms with Gasteiger partial charge in [0.15, 0.2) is 0 Å². The quantitative estimate of drug-likeness (QED) is 0.491. The number of unbranched alkanes of at least 4 members (excludes halogenated alkanes) is 1. The van der Waals surface area contributed by atoms with E-state index in [0.29, 0.717) is 11.8 Å². The largest absolute Gasteiger partial charge is 0.372 e. The van der Waals surface area contributed by atoms with Crippen LogP contribution in [0.15, 0.2) is 30.3 Å². The average molecular weight is 344 g/mol. The molecular formula is C19H34FNOS. The van der Waals surface area contributed by atoms with Gasteiger partial charge in [-0.2, -0.15) is 3.89 Å². The minimum Gasteiger partial charge on any atom is -0.372 e. The molecule has 0 bridgehead atoms. The van der Waals surface area contributed by atoms with Gasteiger partial charge in [0, 0.05) is 17.3 Å². The Hall–Kier alpha value is -1.03. The summed E-state index contributed by atoms with van der Waals surface area (Å²) in [4.78, 5) is 8.58. The highest BCUT2D eigenvalue weighted by Gasteiger charge is 2.25. The third-order valence-corrected chi connectivity index (χ3v) is 6.88. The molecule has 1 amide bonds. The van der Waals surface area contributed by atoms with Crippen molar-refractivity contribution in [1.29, 1.82) is 0 Å². The topological polar surface area (TPSA) is 43.1 Å². The zero-order valence-electron chi connectivity index (χ0n) is 15.1. The van der Waals surface area contributed by atoms with Crippen molar-refractivity contribution in [3.63, 3.8) is 0 Å². The van der Waals surface area contributed by atoms with E-state index in [2.05, 4.69) is 57.7 Å². The predicted octanol–water partition coefficient (Wildman–Crippen LogP) is 5.11. The zero-order chi connectivity index (χ0) is 17.7. The van der Waals surface area contributed by atoms with Crippen LogP contribution in [0.1, 0.15) is 46.1 Å². The van der Waals surface area contributed by atoms with Crippen molar-refractivity contribution in [2.75, 3.05) is 17.3 Å². The van der Waals surface area contributed by atoms with E-state index in [1.807, 2.05) is 6.07 Å². The van der Waals surface area contributed by atoms with Crippen molar-refractivity contribution in [1.82, 2.24) is 0 Å². The first-order valence-electron chi connectivity index (χ1n) is 8.48. The summed E-state index contributed by atoms with van der Waals surface area (Å²) in [6.45, 7) is 8.58. The molecule has 0 saturated heterocycles. The van der Waals surface area contributed by atoms with Crippen molar-refractivity contribution in [2.24, 2.45) is 17.6 Å². The molecule has 1 rings (SSSR count). The van der Waals surface area contributed by atoms with E-state index in [1.165, 1.54) is 5.56 Å². The number of aryl methyl sites for hydroxylation is 1. The molecule has 0 aliphatic rings. The minimum atomic E-state index is -1.89. The molecule has 0 fully saturated rings. The van der Waals surface area contributed by atoms with E-state index < -0.39 is 10.4 Å². The SMILES string of the molecule is CC(C)CS(F)(CCCCc1ccccc1)CC(C)C.NC=O. The Bertz CT molecular complexity index is 399. The van der Waals surface area contributed by atoms with Gasteiger partial charge >= 0.3 is 0 Å². The molecule has 0 radical (unpaired) electrons. The van der Waals surface area contributed by atoms with Crippen molar-refractivity contribution in [2.45, 2.75) is 47.0 Å². The number of carbonyl (C=O) groups is 1. The molecule has 1 aromatic carbocycles. The summed E-state index contributed by atoms with van der Waals surface area (Å²) in [5, 5.41) is 0. The Morgan fingerprint density at radius 2 is 1.52 bits per heavy atom. The number of nitrogens with two attached hydrogens (primary N) is 1. The summed E-state index contributed by atoms with van der Waals surface area (Å²) in [7, 11) is -1.89. The highest BCUT2D eigenvalue weighted by molar-refractivity contribution is 8.29. The first kappa shape index (κ1) is 22.0. The maximum Gasteiger partial charge on any atom is 0.204 e. The molecule has 2 N–H and O–H groups in total. The van der Waals surface area contributed by atoms with Gasteiger partial charge in [0.05, 0.1) is 0 Å². The summed E-state index contributed by atoms with van der Waals surface area (Å²) >= 11 is 0. The van der Waals surface area contributed by atoms with Gasteiger partial charge in [-0.3, -0.25) is 4.79 Å². The van der Waals surface area contributed by atoms with Crippen LogP contribution in [0.5, 0.6) is 0 Å². The molecule has 1 aromatic rings. The second kappa shape index (κ2) is 12.4. The van der Waals surface area contributed by atoms with E-state index in [0.717, 1.165) is 36.5 Å². The molecule has 2 nitrogen and oxygen atoms in total. The van der Waals surface area contributed by atoms with Gasteiger partial charge in [-0.05, 0) is 36.7 Å². The molecule has 0 heterocycles. The van der Waals surface area contributed by atoms with Crippen LogP contribution in [0.3, 0.4) is 0 Å². The average Bonchev–Trinajstić information content (AvgIpc) is 2.44. The van der Waals surface area contributed by atoms with Crippen LogP contribution in [0.2, 0.25) is 0 Å². The van der Waals surface area contributed by atoms with Gasteiger partial charge in [-0.1, -0.05) is 68.4 Å². The second-order valence-corrected chi connectivity index (χ2v) is 9.80. The van der Waals surface area contributed by atoms with Crippen LogP contribution in [-0.4, -0.2) is 23.7 Å². The van der Waals surface area contributed by atoms with Crippen molar-refractivity contribution in [3.8, 4) is 0 Å². The number of benzene rings is 1. The number of hydrogen-bond acceptors (Lipinski definition) is 1. The Balaban J connectivity index is 0.00000149. The van der Waals surface area contributed by atoms with Gasteiger partial charge in [0.1, 0.15) is 0 Å². The molecule has 0 spiro atoms. The maximum atomic E-state index is 15.1. The Labute approximate surface area is 143 Å². The van der Waals surface area contributed by atoms with E-state index in [4.69, 9.17) is 4.79 Å². The third kappa shape index (κ3) is 12.1. The molecule has 0 atom stereocenters. The van der Waals surface area contributed by atoms with Crippen LogP contribution in [-0.2, 0) is 11.2 Å². The smallest absolute Gasteiger partial charge is 0.204 e. The van der Waals surface area contributed by atoms with Crippen molar-refractivity contribution < 1.29 is 8.68 Å². The van der Waals surface area contributed by atoms with Crippen LogP contribution in [0.25, 0.3) is 0 Å². The lowest BCUT2D eigenvalue weighted by atomic mass is 10.1. The zero-order valence-corrected chi connectivity index (χ0v) is 15.9. The molecule has 0 aliphatic heterocycles. The van der Waals surface area contributed by atoms with Crippen LogP contribution >= 0.6 is 10.4 Å². The van der Waals surface area contributed by atoms with Gasteiger partial charge in [-0.15, -0.1) is 0 Å². The van der Waals surface area contributed by atoms with Crippen LogP contribution in [0.4, 0.5) is 3.89 Å². The molecule has 0 aliphatic carbocycles. The van der Waals surface area contributed by atoms with Crippen molar-refractivity contribution in [3.05, 3.63) is 35.9 Å². The fourth-order valence-electron chi connectivity index (χ4n) is 2.76. The van der Waals surface area contributed by atoms with Crippen LogP contribution in [0, 0.1) is 11.8 Å². The first-order chi connectivity index (χ1) is 10.8. The number of halogens is 1. The predicted molar refractivity (Wildman–Crippen MR) is 103 cm³/mol. The standard InChI is InChI=1S/C18H31FS.CH3NO/c1-16(2)14-20(19,15-17(3)4)13-9-8-12-18-10-6-5-7-11-18;2-1-3/h5-7,10-11,16-17H,8-9,12-15H2,1-4H3;1H,(H2,2,3). The molecule has 0 unspecified atom stereocenters. The molecule has 4 heteroatoms. The lowest BCUT2D eigenvalue weighted by molar-refractivity contribution is -0.106. The highest BCUT2D eigenvalue weighted by atomic mass is 32.3. The van der Waals surface area contributed by atoms with E-state index in [1.54, 1.807) is 0 Å². The molecule has 134 valence electrons. The second-order valence-electron chi connectivity index (χ2n) is 6.84. The monoisotopic (exact) mass is 343 g/mol. The lowest BCUT2D eigenvalue weighted by Crippen LogP contribution is -2.16. The fourth-order valence-corrected chi connectivity index (χ4v) is 6.34. The molecular weight excluding hydrogens is 309 g/mol. The number of hydrogen-bond donors (Lipinski definition) is 1. The Morgan fingerprint density at radius 3 is 1.96 bits per heavy atom. The summed E-state index contributed by atoms with van der Waals surface area (Å²) in [6, 6.07) is 10.5. The number of amides is 1. The normalized spacial score (nSPS) is 12.0. The lowest BCUT2D eigenvalue weighted by Gasteiger charge is -2.34. The number of rotatable bonds is 9. The van der Waals surface area contributed by atoms with E-state index in [-0.39, 0.29) is 6.41 Å². The Kier molecular flexibility index (Phi) is 11.8. The Morgan fingerprint density at radius 1 is 1.04 bits per heavy atom. The molecule has 0 saturated carbocycles. The van der Waals surface area contributed by atoms with Gasteiger partial charge < -0.3 is 5.73 Å². The fraction of sp³-hybridized carbons (Fsp3) is 0.632. The first-order valence-corrected chi connectivity index (χ1v) is 10.5. The van der Waals surface area contributed by atoms with Gasteiger partial charge in [0.25, 0.3) is 0 Å². The summed E-state index contributed by atoms with van der Waals surface area (Å²) < 4.78 is 15.1. The maximum absolute atomic E-state index is 15.1. The molecule has 0 aromatic heterocycles. The molecule has 23 heavy (non-hydrogen) atoms.